The van der Waals surface area contributed by atoms with E-state index in [1.807, 2.05) is 11.9 Å². The Balaban J connectivity index is 1.90. The summed E-state index contributed by atoms with van der Waals surface area (Å²) in [6.45, 7) is 6.38. The van der Waals surface area contributed by atoms with Gasteiger partial charge in [0.25, 0.3) is 0 Å². The standard InChI is InChI=1S/C16H16N2/c1-13-7-3-4-8-14(13)11-18-12-17(2)15-9-5-6-10-16(15)18/h3-10H,11H2,1-2H3. The van der Waals surface area contributed by atoms with Gasteiger partial charge < -0.3 is 9.80 Å². The smallest absolute Gasteiger partial charge is 0.208 e. The first-order valence-corrected chi connectivity index (χ1v) is 6.17. The molecule has 0 fully saturated rings. The molecule has 0 bridgehead atoms. The molecule has 2 nitrogen and oxygen atoms in total. The van der Waals surface area contributed by atoms with Gasteiger partial charge in [0, 0.05) is 13.6 Å². The second-order valence-corrected chi connectivity index (χ2v) is 4.66. The lowest BCUT2D eigenvalue weighted by atomic mass is 10.1. The summed E-state index contributed by atoms with van der Waals surface area (Å²) >= 11 is 0. The quantitative estimate of drug-likeness (QED) is 0.788. The molecule has 3 rings (SSSR count). The van der Waals surface area contributed by atoms with Gasteiger partial charge >= 0.3 is 0 Å². The van der Waals surface area contributed by atoms with Gasteiger partial charge in [-0.3, -0.25) is 0 Å². The van der Waals surface area contributed by atoms with Gasteiger partial charge in [-0.2, -0.15) is 0 Å². The monoisotopic (exact) mass is 236 g/mol. The van der Waals surface area contributed by atoms with Crippen LogP contribution >= 0.6 is 0 Å². The average molecular weight is 236 g/mol. The third-order valence-electron chi connectivity index (χ3n) is 3.39. The molecule has 2 aromatic carbocycles. The zero-order chi connectivity index (χ0) is 12.5. The minimum Gasteiger partial charge on any atom is -0.343 e. The number of hydrogen-bond acceptors (Lipinski definition) is 2. The highest BCUT2D eigenvalue weighted by molar-refractivity contribution is 5.78. The summed E-state index contributed by atoms with van der Waals surface area (Å²) in [5.41, 5.74) is 5.11. The minimum atomic E-state index is 0.869. The lowest BCUT2D eigenvalue weighted by molar-refractivity contribution is 0.897. The number of fused-ring (bicyclic) bond motifs is 1. The van der Waals surface area contributed by atoms with E-state index in [-0.39, 0.29) is 0 Å². The fourth-order valence-electron chi connectivity index (χ4n) is 2.34. The molecule has 0 aromatic heterocycles. The number of nitrogens with zero attached hydrogens (tertiary/aromatic N) is 2. The van der Waals surface area contributed by atoms with Crippen molar-refractivity contribution in [3.05, 3.63) is 66.3 Å². The molecular formula is C16H16N2. The van der Waals surface area contributed by atoms with Crippen molar-refractivity contribution in [1.82, 2.24) is 0 Å². The van der Waals surface area contributed by atoms with Gasteiger partial charge in [0.05, 0.1) is 11.4 Å². The van der Waals surface area contributed by atoms with Crippen LogP contribution in [0.1, 0.15) is 11.1 Å². The maximum atomic E-state index is 3.36. The molecule has 0 atom stereocenters. The molecule has 0 N–H and O–H groups in total. The largest absolute Gasteiger partial charge is 0.343 e. The summed E-state index contributed by atoms with van der Waals surface area (Å²) in [5.74, 6) is 0. The second-order valence-electron chi connectivity index (χ2n) is 4.66. The number of aryl methyl sites for hydroxylation is 1. The highest BCUT2D eigenvalue weighted by Gasteiger charge is 2.24. The Morgan fingerprint density at radius 2 is 1.61 bits per heavy atom. The lowest BCUT2D eigenvalue weighted by Gasteiger charge is -2.18. The molecule has 2 aromatic rings. The third kappa shape index (κ3) is 1.84. The third-order valence-corrected chi connectivity index (χ3v) is 3.39. The molecule has 18 heavy (non-hydrogen) atoms. The molecule has 1 aliphatic heterocycles. The van der Waals surface area contributed by atoms with Crippen molar-refractivity contribution in [3.63, 3.8) is 0 Å². The molecule has 0 saturated heterocycles. The fraction of sp³-hybridized carbons (Fsp3) is 0.188. The van der Waals surface area contributed by atoms with Crippen LogP contribution in [0.3, 0.4) is 0 Å². The van der Waals surface area contributed by atoms with E-state index in [9.17, 15) is 0 Å². The molecule has 90 valence electrons. The van der Waals surface area contributed by atoms with Gasteiger partial charge in [0.2, 0.25) is 6.67 Å². The van der Waals surface area contributed by atoms with Gasteiger partial charge in [-0.15, -0.1) is 0 Å². The molecule has 0 aliphatic carbocycles. The SMILES string of the molecule is Cc1ccccc1CN1[C]N(C)c2ccccc21. The molecule has 0 saturated carbocycles. The van der Waals surface area contributed by atoms with E-state index in [0.29, 0.717) is 0 Å². The minimum absolute atomic E-state index is 0.869. The molecular weight excluding hydrogens is 220 g/mol. The summed E-state index contributed by atoms with van der Waals surface area (Å²) < 4.78 is 0. The van der Waals surface area contributed by atoms with Crippen molar-refractivity contribution in [2.75, 3.05) is 16.8 Å². The van der Waals surface area contributed by atoms with Crippen LogP contribution in [0, 0.1) is 13.6 Å². The summed E-state index contributed by atoms with van der Waals surface area (Å²) in [7, 11) is 2.04. The first kappa shape index (κ1) is 11.1. The number of para-hydroxylation sites is 2. The van der Waals surface area contributed by atoms with E-state index in [1.54, 1.807) is 0 Å². The Morgan fingerprint density at radius 3 is 2.39 bits per heavy atom. The van der Waals surface area contributed by atoms with E-state index < -0.39 is 0 Å². The lowest BCUT2D eigenvalue weighted by Crippen LogP contribution is -2.21. The molecule has 2 heteroatoms. The van der Waals surface area contributed by atoms with Crippen molar-refractivity contribution >= 4 is 11.4 Å². The maximum Gasteiger partial charge on any atom is 0.208 e. The van der Waals surface area contributed by atoms with Gasteiger partial charge in [-0.1, -0.05) is 36.4 Å². The number of benzene rings is 2. The Hall–Kier alpha value is -1.96. The predicted molar refractivity (Wildman–Crippen MR) is 75.5 cm³/mol. The second kappa shape index (κ2) is 4.37. The van der Waals surface area contributed by atoms with Crippen molar-refractivity contribution < 1.29 is 0 Å². The van der Waals surface area contributed by atoms with E-state index in [0.717, 1.165) is 6.54 Å². The highest BCUT2D eigenvalue weighted by atomic mass is 15.4. The first-order chi connectivity index (χ1) is 8.75. The van der Waals surface area contributed by atoms with Crippen molar-refractivity contribution in [3.8, 4) is 0 Å². The van der Waals surface area contributed by atoms with Crippen LogP contribution in [0.4, 0.5) is 11.4 Å². The van der Waals surface area contributed by atoms with Crippen LogP contribution < -0.4 is 9.80 Å². The van der Waals surface area contributed by atoms with Crippen LogP contribution in [0.2, 0.25) is 0 Å². The van der Waals surface area contributed by atoms with E-state index >= 15 is 0 Å². The highest BCUT2D eigenvalue weighted by Crippen LogP contribution is 2.37. The van der Waals surface area contributed by atoms with Crippen LogP contribution in [-0.2, 0) is 6.54 Å². The summed E-state index contributed by atoms with van der Waals surface area (Å²) in [4.78, 5) is 4.23. The van der Waals surface area contributed by atoms with Gasteiger partial charge in [0.15, 0.2) is 0 Å². The van der Waals surface area contributed by atoms with Crippen molar-refractivity contribution in [2.24, 2.45) is 0 Å². The van der Waals surface area contributed by atoms with Crippen LogP contribution in [-0.4, -0.2) is 7.05 Å². The van der Waals surface area contributed by atoms with E-state index in [4.69, 9.17) is 0 Å². The zero-order valence-corrected chi connectivity index (χ0v) is 10.7. The zero-order valence-electron chi connectivity index (χ0n) is 10.7. The molecule has 1 heterocycles. The Kier molecular flexibility index (Phi) is 2.71. The van der Waals surface area contributed by atoms with E-state index in [1.165, 1.54) is 22.5 Å². The van der Waals surface area contributed by atoms with Crippen LogP contribution in [0.5, 0.6) is 0 Å². The Morgan fingerprint density at radius 1 is 0.944 bits per heavy atom. The number of hydrogen-bond donors (Lipinski definition) is 0. The summed E-state index contributed by atoms with van der Waals surface area (Å²) in [6.07, 6.45) is 0. The van der Waals surface area contributed by atoms with Crippen molar-refractivity contribution in [1.29, 1.82) is 0 Å². The van der Waals surface area contributed by atoms with Crippen molar-refractivity contribution in [2.45, 2.75) is 13.5 Å². The molecule has 0 amide bonds. The Labute approximate surface area is 108 Å². The van der Waals surface area contributed by atoms with E-state index in [2.05, 4.69) is 67.0 Å². The first-order valence-electron chi connectivity index (χ1n) is 6.17. The Bertz CT molecular complexity index is 563. The summed E-state index contributed by atoms with van der Waals surface area (Å²) in [6, 6.07) is 16.9. The average Bonchev–Trinajstić information content (AvgIpc) is 2.70. The van der Waals surface area contributed by atoms with Gasteiger partial charge in [-0.25, -0.2) is 0 Å². The fourth-order valence-corrected chi connectivity index (χ4v) is 2.34. The summed E-state index contributed by atoms with van der Waals surface area (Å²) in [5, 5.41) is 0. The molecule has 0 spiro atoms. The molecule has 0 unspecified atom stereocenters. The van der Waals surface area contributed by atoms with Gasteiger partial charge in [0.1, 0.15) is 0 Å². The van der Waals surface area contributed by atoms with Crippen LogP contribution in [0.15, 0.2) is 48.5 Å². The number of anilines is 2. The number of rotatable bonds is 2. The maximum absolute atomic E-state index is 3.36. The normalized spacial score (nSPS) is 13.9. The van der Waals surface area contributed by atoms with Crippen LogP contribution in [0.25, 0.3) is 0 Å². The molecule has 1 aliphatic rings. The van der Waals surface area contributed by atoms with Gasteiger partial charge in [-0.05, 0) is 30.2 Å². The topological polar surface area (TPSA) is 6.48 Å². The molecule has 2 radical (unpaired) electrons. The predicted octanol–water partition coefficient (Wildman–Crippen LogP) is 3.45.